The summed E-state index contributed by atoms with van der Waals surface area (Å²) < 4.78 is 18.5. The third-order valence-corrected chi connectivity index (χ3v) is 7.13. The van der Waals surface area contributed by atoms with Crippen LogP contribution >= 0.6 is 0 Å². The molecule has 1 saturated carbocycles. The Balaban J connectivity index is 1.50. The number of hydrogen-bond donors (Lipinski definition) is 1. The zero-order valence-electron chi connectivity index (χ0n) is 20.5. The zero-order valence-corrected chi connectivity index (χ0v) is 20.5. The minimum atomic E-state index is -0.0798. The number of tetrazole rings is 1. The van der Waals surface area contributed by atoms with Crippen molar-refractivity contribution in [3.05, 3.63) is 39.9 Å². The molecule has 0 spiro atoms. The van der Waals surface area contributed by atoms with Gasteiger partial charge < -0.3 is 19.2 Å². The van der Waals surface area contributed by atoms with Gasteiger partial charge in [0.2, 0.25) is 0 Å². The predicted octanol–water partition coefficient (Wildman–Crippen LogP) is 3.22. The quantitative estimate of drug-likeness (QED) is 0.495. The molecule has 188 valence electrons. The van der Waals surface area contributed by atoms with E-state index in [0.717, 1.165) is 47.3 Å². The lowest BCUT2D eigenvalue weighted by Gasteiger charge is -2.39. The Morgan fingerprint density at radius 2 is 1.94 bits per heavy atom. The maximum atomic E-state index is 13.2. The molecule has 10 heteroatoms. The van der Waals surface area contributed by atoms with Crippen LogP contribution in [0.3, 0.4) is 0 Å². The zero-order chi connectivity index (χ0) is 24.2. The number of aromatic amines is 1. The van der Waals surface area contributed by atoms with Gasteiger partial charge >= 0.3 is 0 Å². The van der Waals surface area contributed by atoms with E-state index in [4.69, 9.17) is 14.2 Å². The fourth-order valence-electron chi connectivity index (χ4n) is 5.36. The maximum Gasteiger partial charge on any atom is 0.252 e. The Kier molecular flexibility index (Phi) is 7.29. The molecule has 2 aromatic heterocycles. The molecule has 1 fully saturated rings. The Hall–Kier alpha value is -2.98. The molecule has 1 atom stereocenters. The summed E-state index contributed by atoms with van der Waals surface area (Å²) in [7, 11) is 1.68. The maximum absolute atomic E-state index is 13.2. The van der Waals surface area contributed by atoms with E-state index in [-0.39, 0.29) is 11.6 Å². The highest BCUT2D eigenvalue weighted by atomic mass is 16.6. The number of methoxy groups -OCH3 is 1. The predicted molar refractivity (Wildman–Crippen MR) is 131 cm³/mol. The molecule has 3 aromatic rings. The second-order valence-electron chi connectivity index (χ2n) is 9.35. The number of benzene rings is 1. The SMILES string of the molecule is CC[C@H](c1nnnn1CCOC)N(Cc1cc2cc3c(cc2[nH]c1=O)OCCO3)C1CCCCC1. The van der Waals surface area contributed by atoms with Crippen LogP contribution in [-0.2, 0) is 17.8 Å². The molecule has 3 heterocycles. The van der Waals surface area contributed by atoms with Crippen molar-refractivity contribution in [3.63, 3.8) is 0 Å². The molecule has 0 bridgehead atoms. The summed E-state index contributed by atoms with van der Waals surface area (Å²) in [6, 6.07) is 6.17. The summed E-state index contributed by atoms with van der Waals surface area (Å²) >= 11 is 0. The van der Waals surface area contributed by atoms with Crippen LogP contribution < -0.4 is 15.0 Å². The third kappa shape index (κ3) is 5.04. The average molecular weight is 483 g/mol. The number of hydrogen-bond acceptors (Lipinski definition) is 8. The van der Waals surface area contributed by atoms with Gasteiger partial charge in [0.25, 0.3) is 5.56 Å². The van der Waals surface area contributed by atoms with Gasteiger partial charge in [-0.3, -0.25) is 9.69 Å². The van der Waals surface area contributed by atoms with Gasteiger partial charge in [0.05, 0.1) is 24.7 Å². The summed E-state index contributed by atoms with van der Waals surface area (Å²) in [5, 5.41) is 13.5. The number of H-pyrrole nitrogens is 1. The molecule has 1 aliphatic heterocycles. The lowest BCUT2D eigenvalue weighted by atomic mass is 9.92. The minimum Gasteiger partial charge on any atom is -0.486 e. The topological polar surface area (TPSA) is 107 Å². The van der Waals surface area contributed by atoms with Crippen LogP contribution in [-0.4, -0.2) is 63.1 Å². The van der Waals surface area contributed by atoms with Crippen molar-refractivity contribution in [3.8, 4) is 11.5 Å². The number of ether oxygens (including phenoxy) is 3. The molecule has 1 aromatic carbocycles. The van der Waals surface area contributed by atoms with E-state index < -0.39 is 0 Å². The van der Waals surface area contributed by atoms with Crippen molar-refractivity contribution in [2.75, 3.05) is 26.9 Å². The Morgan fingerprint density at radius 1 is 1.17 bits per heavy atom. The van der Waals surface area contributed by atoms with Crippen LogP contribution in [0.4, 0.5) is 0 Å². The number of nitrogens with zero attached hydrogens (tertiary/aromatic N) is 5. The molecule has 2 aliphatic rings. The molecule has 0 saturated heterocycles. The van der Waals surface area contributed by atoms with Gasteiger partial charge in [0, 0.05) is 36.7 Å². The number of pyridine rings is 1. The van der Waals surface area contributed by atoms with Crippen molar-refractivity contribution in [1.29, 1.82) is 0 Å². The van der Waals surface area contributed by atoms with Crippen LogP contribution in [0.15, 0.2) is 23.0 Å². The molecule has 0 unspecified atom stereocenters. The highest BCUT2D eigenvalue weighted by molar-refractivity contribution is 5.83. The fourth-order valence-corrected chi connectivity index (χ4v) is 5.36. The van der Waals surface area contributed by atoms with E-state index in [1.165, 1.54) is 19.3 Å². The van der Waals surface area contributed by atoms with Crippen molar-refractivity contribution in [2.45, 2.75) is 70.6 Å². The van der Waals surface area contributed by atoms with Crippen LogP contribution in [0.5, 0.6) is 11.5 Å². The summed E-state index contributed by atoms with van der Waals surface area (Å²) in [6.45, 7) is 4.86. The Labute approximate surface area is 204 Å². The van der Waals surface area contributed by atoms with Gasteiger partial charge in [-0.1, -0.05) is 26.2 Å². The number of fused-ring (bicyclic) bond motifs is 2. The summed E-state index contributed by atoms with van der Waals surface area (Å²) in [5.41, 5.74) is 1.40. The first-order valence-electron chi connectivity index (χ1n) is 12.6. The fraction of sp³-hybridized carbons (Fsp3) is 0.600. The number of nitrogens with one attached hydrogen (secondary N) is 1. The molecule has 35 heavy (non-hydrogen) atoms. The molecule has 0 radical (unpaired) electrons. The van der Waals surface area contributed by atoms with Crippen molar-refractivity contribution < 1.29 is 14.2 Å². The molecule has 1 aliphatic carbocycles. The van der Waals surface area contributed by atoms with E-state index in [2.05, 4.69) is 32.3 Å². The van der Waals surface area contributed by atoms with Gasteiger partial charge in [-0.2, -0.15) is 0 Å². The lowest BCUT2D eigenvalue weighted by Crippen LogP contribution is -2.41. The molecular formula is C25H34N6O4. The Bertz CT molecular complexity index is 1200. The standard InChI is InChI=1S/C25H34N6O4/c1-3-21(24-27-28-29-31(24)9-10-33-2)30(19-7-5-4-6-8-19)16-18-13-17-14-22-23(35-12-11-34-22)15-20(17)26-25(18)32/h13-15,19,21H,3-12,16H2,1-2H3,(H,26,32)/t21-/m1/s1. The molecular weight excluding hydrogens is 448 g/mol. The Morgan fingerprint density at radius 3 is 2.69 bits per heavy atom. The average Bonchev–Trinajstić information content (AvgIpc) is 3.35. The van der Waals surface area contributed by atoms with Crippen molar-refractivity contribution in [2.24, 2.45) is 0 Å². The summed E-state index contributed by atoms with van der Waals surface area (Å²) in [4.78, 5) is 18.7. The molecule has 0 amide bonds. The highest BCUT2D eigenvalue weighted by Gasteiger charge is 2.32. The first-order chi connectivity index (χ1) is 17.2. The normalized spacial score (nSPS) is 17.2. The van der Waals surface area contributed by atoms with Crippen molar-refractivity contribution in [1.82, 2.24) is 30.1 Å². The van der Waals surface area contributed by atoms with Gasteiger partial charge in [-0.25, -0.2) is 4.68 Å². The number of rotatable bonds is 9. The van der Waals surface area contributed by atoms with Crippen LogP contribution in [0.25, 0.3) is 10.9 Å². The highest BCUT2D eigenvalue weighted by Crippen LogP contribution is 2.35. The van der Waals surface area contributed by atoms with Crippen molar-refractivity contribution >= 4 is 10.9 Å². The molecule has 10 nitrogen and oxygen atoms in total. The van der Waals surface area contributed by atoms with Gasteiger partial charge in [0.1, 0.15) is 13.2 Å². The smallest absolute Gasteiger partial charge is 0.252 e. The van der Waals surface area contributed by atoms with E-state index >= 15 is 0 Å². The van der Waals surface area contributed by atoms with Crippen LogP contribution in [0.2, 0.25) is 0 Å². The van der Waals surface area contributed by atoms with E-state index in [9.17, 15) is 4.79 Å². The van der Waals surface area contributed by atoms with E-state index in [1.807, 2.05) is 22.9 Å². The van der Waals surface area contributed by atoms with Crippen LogP contribution in [0, 0.1) is 0 Å². The second-order valence-corrected chi connectivity index (χ2v) is 9.35. The first kappa shape index (κ1) is 23.7. The first-order valence-corrected chi connectivity index (χ1v) is 12.6. The largest absolute Gasteiger partial charge is 0.486 e. The summed E-state index contributed by atoms with van der Waals surface area (Å²) in [6.07, 6.45) is 6.72. The monoisotopic (exact) mass is 482 g/mol. The van der Waals surface area contributed by atoms with Crippen LogP contribution in [0.1, 0.15) is 62.9 Å². The molecule has 5 rings (SSSR count). The second kappa shape index (κ2) is 10.7. The van der Waals surface area contributed by atoms with Gasteiger partial charge in [-0.15, -0.1) is 5.10 Å². The summed E-state index contributed by atoms with van der Waals surface area (Å²) in [5.74, 6) is 2.21. The van der Waals surface area contributed by atoms with E-state index in [0.29, 0.717) is 44.7 Å². The lowest BCUT2D eigenvalue weighted by molar-refractivity contribution is 0.0826. The van der Waals surface area contributed by atoms with Gasteiger partial charge in [0.15, 0.2) is 17.3 Å². The number of aromatic nitrogens is 5. The molecule has 1 N–H and O–H groups in total. The minimum absolute atomic E-state index is 0.000296. The van der Waals surface area contributed by atoms with E-state index in [1.54, 1.807) is 7.11 Å². The van der Waals surface area contributed by atoms with Gasteiger partial charge in [-0.05, 0) is 41.8 Å². The third-order valence-electron chi connectivity index (χ3n) is 7.13.